The summed E-state index contributed by atoms with van der Waals surface area (Å²) in [6.07, 6.45) is 0. The van der Waals surface area contributed by atoms with E-state index in [1.165, 1.54) is 118 Å². The summed E-state index contributed by atoms with van der Waals surface area (Å²) in [6.45, 7) is 0. The van der Waals surface area contributed by atoms with Crippen LogP contribution in [0, 0.1) is 0 Å². The van der Waals surface area contributed by atoms with Gasteiger partial charge < -0.3 is 0 Å². The van der Waals surface area contributed by atoms with Crippen LogP contribution in [0.1, 0.15) is 0 Å². The normalized spacial score (nSPS) is 12.0. The summed E-state index contributed by atoms with van der Waals surface area (Å²) in [5.41, 5.74) is 7.66. The number of fused-ring (bicyclic) bond motifs is 10. The molecule has 55 heavy (non-hydrogen) atoms. The van der Waals surface area contributed by atoms with Crippen molar-refractivity contribution in [2.45, 2.75) is 0 Å². The molecule has 0 nitrogen and oxygen atoms in total. The maximum Gasteiger partial charge on any atom is 0.0368 e. The average molecular weight is 713 g/mol. The molecule has 0 aliphatic rings. The smallest absolute Gasteiger partial charge is 0.0368 e. The van der Waals surface area contributed by atoms with Crippen LogP contribution in [0.4, 0.5) is 0 Å². The molecule has 12 aromatic rings. The molecular weight excluding hydrogens is 681 g/mol. The second-order valence-corrected chi connectivity index (χ2v) is 15.8. The predicted molar refractivity (Wildman–Crippen MR) is 241 cm³/mol. The Hall–Kier alpha value is -6.80. The first-order chi connectivity index (χ1) is 27.3. The summed E-state index contributed by atoms with van der Waals surface area (Å²) in [5.74, 6) is 0. The van der Waals surface area contributed by atoms with Gasteiger partial charge >= 0.3 is 0 Å². The van der Waals surface area contributed by atoms with E-state index in [0.717, 1.165) is 0 Å². The first kappa shape index (κ1) is 30.6. The van der Waals surface area contributed by atoms with Crippen molar-refractivity contribution in [3.8, 4) is 33.4 Å². The minimum atomic E-state index is 1.26. The third-order valence-corrected chi connectivity index (χ3v) is 12.9. The molecule has 12 rings (SSSR count). The molecule has 0 aliphatic carbocycles. The first-order valence-electron chi connectivity index (χ1n) is 19.0. The molecule has 0 saturated heterocycles. The Morgan fingerprint density at radius 2 is 0.673 bits per heavy atom. The summed E-state index contributed by atoms with van der Waals surface area (Å²) in [6, 6.07) is 72.2. The molecule has 0 atom stereocenters. The lowest BCUT2D eigenvalue weighted by Gasteiger charge is -2.20. The van der Waals surface area contributed by atoms with E-state index < -0.39 is 0 Å². The van der Waals surface area contributed by atoms with E-state index in [9.17, 15) is 0 Å². The lowest BCUT2D eigenvalue weighted by atomic mass is 9.82. The number of thiophene rings is 1. The Kier molecular flexibility index (Phi) is 6.60. The largest absolute Gasteiger partial charge is 0.135 e. The standard InChI is InChI=1S/C54H32S/c1-2-16-35-31-50-49(30-34(35)15-1)54-42-22-8-7-21-39(42)48(32-51(54)55-50)40-28-29-47(38-20-6-5-19-37(38)40)53-45-25-11-9-23-43(45)52(44-24-10-12-26-46(44)53)41-27-13-17-33-14-3-4-18-36(33)41/h1-32H. The fourth-order valence-electron chi connectivity index (χ4n) is 9.45. The van der Waals surface area contributed by atoms with Crippen molar-refractivity contribution < 1.29 is 0 Å². The van der Waals surface area contributed by atoms with Crippen molar-refractivity contribution >= 4 is 96.1 Å². The van der Waals surface area contributed by atoms with E-state index in [-0.39, 0.29) is 0 Å². The van der Waals surface area contributed by atoms with E-state index >= 15 is 0 Å². The van der Waals surface area contributed by atoms with Gasteiger partial charge in [-0.1, -0.05) is 176 Å². The third-order valence-electron chi connectivity index (χ3n) is 11.8. The molecule has 1 heterocycles. The number of rotatable bonds is 3. The van der Waals surface area contributed by atoms with Gasteiger partial charge in [-0.25, -0.2) is 0 Å². The highest BCUT2D eigenvalue weighted by Gasteiger charge is 2.21. The predicted octanol–water partition coefficient (Wildman–Crippen LogP) is 16.0. The maximum atomic E-state index is 2.46. The molecule has 0 unspecified atom stereocenters. The van der Waals surface area contributed by atoms with Crippen LogP contribution >= 0.6 is 11.3 Å². The molecule has 0 N–H and O–H groups in total. The highest BCUT2D eigenvalue weighted by Crippen LogP contribution is 2.49. The topological polar surface area (TPSA) is 0 Å². The Morgan fingerprint density at radius 3 is 1.31 bits per heavy atom. The van der Waals surface area contributed by atoms with Crippen molar-refractivity contribution in [1.82, 2.24) is 0 Å². The van der Waals surface area contributed by atoms with E-state index in [1.54, 1.807) is 0 Å². The number of benzene rings is 11. The van der Waals surface area contributed by atoms with Crippen LogP contribution in [0.5, 0.6) is 0 Å². The van der Waals surface area contributed by atoms with E-state index in [2.05, 4.69) is 194 Å². The Bertz CT molecular complexity index is 3490. The lowest BCUT2D eigenvalue weighted by molar-refractivity contribution is 1.68. The Balaban J connectivity index is 1.14. The molecule has 0 amide bonds. The van der Waals surface area contributed by atoms with Gasteiger partial charge in [-0.2, -0.15) is 0 Å². The third kappa shape index (κ3) is 4.51. The Labute approximate surface area is 322 Å². The molecule has 11 aromatic carbocycles. The quantitative estimate of drug-likeness (QED) is 0.160. The zero-order valence-electron chi connectivity index (χ0n) is 29.9. The van der Waals surface area contributed by atoms with Crippen molar-refractivity contribution in [2.75, 3.05) is 0 Å². The summed E-state index contributed by atoms with van der Waals surface area (Å²) < 4.78 is 2.66. The van der Waals surface area contributed by atoms with Crippen molar-refractivity contribution in [3.05, 3.63) is 194 Å². The van der Waals surface area contributed by atoms with Gasteiger partial charge in [-0.3, -0.25) is 0 Å². The van der Waals surface area contributed by atoms with Crippen LogP contribution in [0.25, 0.3) is 118 Å². The molecule has 0 spiro atoms. The fourth-order valence-corrected chi connectivity index (χ4v) is 10.6. The van der Waals surface area contributed by atoms with Gasteiger partial charge in [0.1, 0.15) is 0 Å². The van der Waals surface area contributed by atoms with Gasteiger partial charge in [0.15, 0.2) is 0 Å². The molecule has 254 valence electrons. The second kappa shape index (κ2) is 11.9. The molecule has 0 fully saturated rings. The lowest BCUT2D eigenvalue weighted by Crippen LogP contribution is -1.93. The molecule has 1 heteroatoms. The summed E-state index contributed by atoms with van der Waals surface area (Å²) in [4.78, 5) is 0. The van der Waals surface area contributed by atoms with Gasteiger partial charge in [0.25, 0.3) is 0 Å². The van der Waals surface area contributed by atoms with E-state index in [0.29, 0.717) is 0 Å². The highest BCUT2D eigenvalue weighted by atomic mass is 32.1. The van der Waals surface area contributed by atoms with Crippen LogP contribution < -0.4 is 0 Å². The summed E-state index contributed by atoms with van der Waals surface area (Å²) in [5, 5.41) is 18.0. The monoisotopic (exact) mass is 712 g/mol. The SMILES string of the molecule is c1ccc2cc3c(cc2c1)sc1cc(-c2ccc(-c4c5ccccc5c(-c5cccc6ccccc56)c5ccccc45)c4ccccc24)c2ccccc2c13. The van der Waals surface area contributed by atoms with Crippen LogP contribution in [0.2, 0.25) is 0 Å². The average Bonchev–Trinajstić information content (AvgIpc) is 3.61. The van der Waals surface area contributed by atoms with Crippen molar-refractivity contribution in [1.29, 1.82) is 0 Å². The van der Waals surface area contributed by atoms with Crippen LogP contribution in [-0.4, -0.2) is 0 Å². The van der Waals surface area contributed by atoms with Gasteiger partial charge in [0.2, 0.25) is 0 Å². The van der Waals surface area contributed by atoms with Gasteiger partial charge in [0, 0.05) is 20.2 Å². The van der Waals surface area contributed by atoms with E-state index in [1.807, 2.05) is 11.3 Å². The molecule has 0 aliphatic heterocycles. The van der Waals surface area contributed by atoms with Crippen LogP contribution in [0.3, 0.4) is 0 Å². The molecular formula is C54H32S. The molecule has 0 radical (unpaired) electrons. The first-order valence-corrected chi connectivity index (χ1v) is 19.8. The maximum absolute atomic E-state index is 2.46. The summed E-state index contributed by atoms with van der Waals surface area (Å²) in [7, 11) is 0. The minimum Gasteiger partial charge on any atom is -0.135 e. The number of hydrogen-bond donors (Lipinski definition) is 0. The number of hydrogen-bond acceptors (Lipinski definition) is 1. The van der Waals surface area contributed by atoms with Gasteiger partial charge in [-0.05, 0) is 116 Å². The highest BCUT2D eigenvalue weighted by molar-refractivity contribution is 7.26. The van der Waals surface area contributed by atoms with Crippen molar-refractivity contribution in [3.63, 3.8) is 0 Å². The van der Waals surface area contributed by atoms with Gasteiger partial charge in [0.05, 0.1) is 0 Å². The molecule has 1 aromatic heterocycles. The minimum absolute atomic E-state index is 1.26. The fraction of sp³-hybridized carbons (Fsp3) is 0. The van der Waals surface area contributed by atoms with Crippen LogP contribution in [-0.2, 0) is 0 Å². The zero-order valence-corrected chi connectivity index (χ0v) is 30.7. The van der Waals surface area contributed by atoms with Gasteiger partial charge in [-0.15, -0.1) is 11.3 Å². The Morgan fingerprint density at radius 1 is 0.236 bits per heavy atom. The van der Waals surface area contributed by atoms with Crippen molar-refractivity contribution in [2.24, 2.45) is 0 Å². The second-order valence-electron chi connectivity index (χ2n) is 14.7. The molecule has 0 saturated carbocycles. The van der Waals surface area contributed by atoms with E-state index in [4.69, 9.17) is 0 Å². The zero-order chi connectivity index (χ0) is 36.0. The molecule has 0 bridgehead atoms. The van der Waals surface area contributed by atoms with Crippen LogP contribution in [0.15, 0.2) is 194 Å². The summed E-state index contributed by atoms with van der Waals surface area (Å²) >= 11 is 1.91.